The van der Waals surface area contributed by atoms with Gasteiger partial charge in [0, 0.05) is 11.8 Å². The highest BCUT2D eigenvalue weighted by Gasteiger charge is 2.21. The van der Waals surface area contributed by atoms with Gasteiger partial charge in [0.25, 0.3) is 5.88 Å². The molecule has 0 unspecified atom stereocenters. The molecule has 94 valence electrons. The van der Waals surface area contributed by atoms with E-state index in [4.69, 9.17) is 10.5 Å². The fraction of sp³-hybridized carbons (Fsp3) is 0.273. The van der Waals surface area contributed by atoms with Crippen molar-refractivity contribution in [1.82, 2.24) is 4.98 Å². The van der Waals surface area contributed by atoms with Gasteiger partial charge >= 0.3 is 5.69 Å². The average molecular weight is 249 g/mol. The zero-order chi connectivity index (χ0) is 13.7. The Bertz CT molecular complexity index is 557. The summed E-state index contributed by atoms with van der Waals surface area (Å²) in [7, 11) is 1.30. The molecule has 0 saturated heterocycles. The minimum Gasteiger partial charge on any atom is -0.476 e. The van der Waals surface area contributed by atoms with Gasteiger partial charge in [0.15, 0.2) is 0 Å². The molecule has 0 bridgehead atoms. The number of nitro groups is 1. The summed E-state index contributed by atoms with van der Waals surface area (Å²) in [5.74, 6) is 4.50. The van der Waals surface area contributed by atoms with Gasteiger partial charge in [-0.3, -0.25) is 14.9 Å². The monoisotopic (exact) mass is 249 g/mol. The Morgan fingerprint density at radius 1 is 1.67 bits per heavy atom. The third kappa shape index (κ3) is 2.95. The summed E-state index contributed by atoms with van der Waals surface area (Å²) >= 11 is 0. The molecule has 0 aliphatic rings. The molecule has 0 aromatic carbocycles. The molecule has 0 fully saturated rings. The number of carbonyl (C=O) groups is 1. The van der Waals surface area contributed by atoms with E-state index < -0.39 is 10.8 Å². The Labute approximate surface area is 103 Å². The molecule has 2 N–H and O–H groups in total. The summed E-state index contributed by atoms with van der Waals surface area (Å²) in [5, 5.41) is 10.9. The van der Waals surface area contributed by atoms with Crippen LogP contribution in [0.5, 0.6) is 5.88 Å². The van der Waals surface area contributed by atoms with E-state index in [-0.39, 0.29) is 18.0 Å². The zero-order valence-electron chi connectivity index (χ0n) is 9.89. The topological polar surface area (TPSA) is 108 Å². The highest BCUT2D eigenvalue weighted by atomic mass is 16.6. The summed E-state index contributed by atoms with van der Waals surface area (Å²) in [4.78, 5) is 24.6. The molecule has 0 radical (unpaired) electrons. The van der Waals surface area contributed by atoms with Crippen molar-refractivity contribution in [2.24, 2.45) is 5.73 Å². The maximum absolute atomic E-state index is 10.9. The van der Waals surface area contributed by atoms with Gasteiger partial charge in [0.2, 0.25) is 5.91 Å². The van der Waals surface area contributed by atoms with Crippen LogP contribution in [0.15, 0.2) is 6.20 Å². The van der Waals surface area contributed by atoms with Crippen LogP contribution in [-0.4, -0.2) is 22.9 Å². The number of hydrogen-bond acceptors (Lipinski definition) is 5. The molecule has 0 saturated carbocycles. The second-order valence-corrected chi connectivity index (χ2v) is 3.36. The molecule has 1 heterocycles. The lowest BCUT2D eigenvalue weighted by Crippen LogP contribution is -2.08. The van der Waals surface area contributed by atoms with Crippen LogP contribution in [0.3, 0.4) is 0 Å². The fourth-order valence-corrected chi connectivity index (χ4v) is 1.29. The number of pyridine rings is 1. The van der Waals surface area contributed by atoms with E-state index in [1.54, 1.807) is 0 Å². The standard InChI is InChI=1S/C11H11N3O4/c1-7-8(4-3-5-9(12)15)6-13-11(18-2)10(7)14(16)17/h6H,5H2,1-2H3,(H2,12,15). The second-order valence-electron chi connectivity index (χ2n) is 3.36. The number of hydrogen-bond donors (Lipinski definition) is 1. The van der Waals surface area contributed by atoms with Crippen molar-refractivity contribution < 1.29 is 14.5 Å². The number of aromatic nitrogens is 1. The maximum Gasteiger partial charge on any atom is 0.335 e. The molecule has 1 aromatic heterocycles. The van der Waals surface area contributed by atoms with E-state index in [0.29, 0.717) is 11.1 Å². The quantitative estimate of drug-likeness (QED) is 0.477. The first kappa shape index (κ1) is 13.4. The van der Waals surface area contributed by atoms with Crippen molar-refractivity contribution in [1.29, 1.82) is 0 Å². The Morgan fingerprint density at radius 3 is 2.83 bits per heavy atom. The number of rotatable bonds is 3. The van der Waals surface area contributed by atoms with Crippen LogP contribution in [0.2, 0.25) is 0 Å². The Balaban J connectivity index is 3.23. The Morgan fingerprint density at radius 2 is 2.33 bits per heavy atom. The van der Waals surface area contributed by atoms with E-state index in [1.165, 1.54) is 20.2 Å². The lowest BCUT2D eigenvalue weighted by molar-refractivity contribution is -0.386. The third-order valence-corrected chi connectivity index (χ3v) is 2.13. The van der Waals surface area contributed by atoms with Crippen LogP contribution in [0, 0.1) is 28.9 Å². The van der Waals surface area contributed by atoms with E-state index in [9.17, 15) is 14.9 Å². The predicted molar refractivity (Wildman–Crippen MR) is 62.9 cm³/mol. The highest BCUT2D eigenvalue weighted by molar-refractivity contribution is 5.76. The van der Waals surface area contributed by atoms with Gasteiger partial charge in [0.05, 0.1) is 24.0 Å². The molecule has 0 aliphatic carbocycles. The smallest absolute Gasteiger partial charge is 0.335 e. The number of amides is 1. The molecule has 0 aliphatic heterocycles. The molecule has 7 heteroatoms. The van der Waals surface area contributed by atoms with Crippen LogP contribution < -0.4 is 10.5 Å². The predicted octanol–water partition coefficient (Wildman–Crippen LogP) is 0.534. The van der Waals surface area contributed by atoms with Crippen molar-refractivity contribution in [3.8, 4) is 17.7 Å². The summed E-state index contributed by atoms with van der Waals surface area (Å²) in [6.07, 6.45) is 1.24. The highest BCUT2D eigenvalue weighted by Crippen LogP contribution is 2.29. The molecule has 0 atom stereocenters. The van der Waals surface area contributed by atoms with E-state index in [1.807, 2.05) is 0 Å². The fourth-order valence-electron chi connectivity index (χ4n) is 1.29. The van der Waals surface area contributed by atoms with Crippen molar-refractivity contribution >= 4 is 11.6 Å². The maximum atomic E-state index is 10.9. The Hall–Kier alpha value is -2.62. The first-order valence-electron chi connectivity index (χ1n) is 4.92. The van der Waals surface area contributed by atoms with Crippen LogP contribution >= 0.6 is 0 Å². The number of nitrogens with zero attached hydrogens (tertiary/aromatic N) is 2. The number of primary amides is 1. The lowest BCUT2D eigenvalue weighted by Gasteiger charge is -2.04. The molecular formula is C11H11N3O4. The first-order valence-corrected chi connectivity index (χ1v) is 4.92. The van der Waals surface area contributed by atoms with Crippen LogP contribution in [-0.2, 0) is 4.79 Å². The molecule has 0 spiro atoms. The van der Waals surface area contributed by atoms with Crippen LogP contribution in [0.4, 0.5) is 5.69 Å². The van der Waals surface area contributed by atoms with Crippen molar-refractivity contribution in [2.45, 2.75) is 13.3 Å². The molecular weight excluding hydrogens is 238 g/mol. The van der Waals surface area contributed by atoms with Gasteiger partial charge in [-0.2, -0.15) is 0 Å². The molecule has 7 nitrogen and oxygen atoms in total. The van der Waals surface area contributed by atoms with Gasteiger partial charge < -0.3 is 10.5 Å². The van der Waals surface area contributed by atoms with E-state index in [2.05, 4.69) is 16.8 Å². The van der Waals surface area contributed by atoms with Gasteiger partial charge in [-0.25, -0.2) is 4.98 Å². The molecule has 1 amide bonds. The van der Waals surface area contributed by atoms with Gasteiger partial charge in [0.1, 0.15) is 0 Å². The number of carbonyl (C=O) groups excluding carboxylic acids is 1. The summed E-state index contributed by atoms with van der Waals surface area (Å²) in [5.41, 5.74) is 5.40. The van der Waals surface area contributed by atoms with E-state index >= 15 is 0 Å². The molecule has 18 heavy (non-hydrogen) atoms. The van der Waals surface area contributed by atoms with Crippen molar-refractivity contribution in [2.75, 3.05) is 7.11 Å². The summed E-state index contributed by atoms with van der Waals surface area (Å²) in [6.45, 7) is 1.54. The first-order chi connectivity index (χ1) is 8.47. The SMILES string of the molecule is COc1ncc(C#CCC(N)=O)c(C)c1[N+](=O)[O-]. The zero-order valence-corrected chi connectivity index (χ0v) is 9.89. The second kappa shape index (κ2) is 5.63. The van der Waals surface area contributed by atoms with Crippen LogP contribution in [0.1, 0.15) is 17.5 Å². The number of nitrogens with two attached hydrogens (primary N) is 1. The third-order valence-electron chi connectivity index (χ3n) is 2.13. The number of ether oxygens (including phenoxy) is 1. The van der Waals surface area contributed by atoms with Crippen molar-refractivity contribution in [3.63, 3.8) is 0 Å². The number of methoxy groups -OCH3 is 1. The van der Waals surface area contributed by atoms with Gasteiger partial charge in [-0.1, -0.05) is 11.8 Å². The minimum absolute atomic E-state index is 0.0713. The van der Waals surface area contributed by atoms with Crippen LogP contribution in [0.25, 0.3) is 0 Å². The van der Waals surface area contributed by atoms with Crippen molar-refractivity contribution in [3.05, 3.63) is 27.4 Å². The normalized spacial score (nSPS) is 9.22. The molecule has 1 aromatic rings. The Kier molecular flexibility index (Phi) is 4.21. The van der Waals surface area contributed by atoms with E-state index in [0.717, 1.165) is 0 Å². The summed E-state index contributed by atoms with van der Waals surface area (Å²) < 4.78 is 4.81. The lowest BCUT2D eigenvalue weighted by atomic mass is 10.1. The average Bonchev–Trinajstić information content (AvgIpc) is 2.29. The largest absolute Gasteiger partial charge is 0.476 e. The minimum atomic E-state index is -0.583. The van der Waals surface area contributed by atoms with Gasteiger partial charge in [-0.05, 0) is 6.92 Å². The van der Waals surface area contributed by atoms with Gasteiger partial charge in [-0.15, -0.1) is 0 Å². The molecule has 1 rings (SSSR count). The summed E-state index contributed by atoms with van der Waals surface area (Å²) in [6, 6.07) is 0.